The van der Waals surface area contributed by atoms with E-state index in [2.05, 4.69) is 18.7 Å². The van der Waals surface area contributed by atoms with E-state index in [0.29, 0.717) is 0 Å². The number of nitrogens with zero attached hydrogens (tertiary/aromatic N) is 1. The molecule has 0 saturated carbocycles. The van der Waals surface area contributed by atoms with Gasteiger partial charge in [-0.1, -0.05) is 13.8 Å². The predicted molar refractivity (Wildman–Crippen MR) is 71.7 cm³/mol. The fourth-order valence-corrected chi connectivity index (χ4v) is 1.58. The molecule has 2 nitrogen and oxygen atoms in total. The van der Waals surface area contributed by atoms with Gasteiger partial charge in [0, 0.05) is 24.8 Å². The fraction of sp³-hybridized carbons (Fsp3) is 0.571. The average Bonchev–Trinajstić information content (AvgIpc) is 2.16. The van der Waals surface area contributed by atoms with E-state index >= 15 is 0 Å². The molecule has 0 aliphatic carbocycles. The van der Waals surface area contributed by atoms with E-state index in [9.17, 15) is 4.39 Å². The summed E-state index contributed by atoms with van der Waals surface area (Å²) in [4.78, 5) is 2.11. The molecule has 0 bridgehead atoms. The molecule has 96 valence electrons. The molecule has 0 heterocycles. The van der Waals surface area contributed by atoms with Crippen molar-refractivity contribution >= 4 is 5.69 Å². The Morgan fingerprint density at radius 1 is 1.12 bits per heavy atom. The lowest BCUT2D eigenvalue weighted by Crippen LogP contribution is -2.52. The standard InChI is InChI=1S/C14H23FN2/c1-13(2,14(3,4)16)10-17(5)12-8-6-11(15)7-9-12/h6-9H,10,16H2,1-5H3. The molecule has 1 aromatic rings. The van der Waals surface area contributed by atoms with Gasteiger partial charge in [-0.3, -0.25) is 0 Å². The summed E-state index contributed by atoms with van der Waals surface area (Å²) in [5.41, 5.74) is 6.89. The first kappa shape index (κ1) is 14.0. The average molecular weight is 238 g/mol. The van der Waals surface area contributed by atoms with Crippen LogP contribution < -0.4 is 10.6 Å². The van der Waals surface area contributed by atoms with E-state index in [1.54, 1.807) is 12.1 Å². The molecule has 0 aromatic heterocycles. The van der Waals surface area contributed by atoms with Crippen LogP contribution in [-0.4, -0.2) is 19.1 Å². The third kappa shape index (κ3) is 3.43. The first-order chi connectivity index (χ1) is 7.63. The van der Waals surface area contributed by atoms with E-state index in [0.717, 1.165) is 12.2 Å². The Kier molecular flexibility index (Phi) is 3.82. The van der Waals surface area contributed by atoms with Crippen LogP contribution in [0.5, 0.6) is 0 Å². The van der Waals surface area contributed by atoms with Gasteiger partial charge >= 0.3 is 0 Å². The topological polar surface area (TPSA) is 29.3 Å². The van der Waals surface area contributed by atoms with Gasteiger partial charge < -0.3 is 10.6 Å². The monoisotopic (exact) mass is 238 g/mol. The summed E-state index contributed by atoms with van der Waals surface area (Å²) < 4.78 is 12.8. The van der Waals surface area contributed by atoms with Gasteiger partial charge in [-0.2, -0.15) is 0 Å². The highest BCUT2D eigenvalue weighted by molar-refractivity contribution is 5.45. The lowest BCUT2D eigenvalue weighted by atomic mass is 9.75. The highest BCUT2D eigenvalue weighted by Crippen LogP contribution is 2.30. The second-order valence-electron chi connectivity index (χ2n) is 5.94. The minimum Gasteiger partial charge on any atom is -0.374 e. The Bertz CT molecular complexity index is 363. The van der Waals surface area contributed by atoms with Gasteiger partial charge in [-0.15, -0.1) is 0 Å². The molecule has 0 amide bonds. The Balaban J connectivity index is 2.79. The van der Waals surface area contributed by atoms with Crippen LogP contribution in [0.4, 0.5) is 10.1 Å². The maximum atomic E-state index is 12.8. The van der Waals surface area contributed by atoms with Crippen LogP contribution >= 0.6 is 0 Å². The molecule has 0 aliphatic rings. The maximum Gasteiger partial charge on any atom is 0.123 e. The second-order valence-corrected chi connectivity index (χ2v) is 5.94. The van der Waals surface area contributed by atoms with Gasteiger partial charge in [-0.05, 0) is 43.5 Å². The Labute approximate surface area is 104 Å². The zero-order valence-electron chi connectivity index (χ0n) is 11.4. The molecule has 0 radical (unpaired) electrons. The molecule has 3 heteroatoms. The normalized spacial score (nSPS) is 12.6. The molecule has 1 aromatic carbocycles. The summed E-state index contributed by atoms with van der Waals surface area (Å²) in [6.45, 7) is 9.18. The van der Waals surface area contributed by atoms with Crippen molar-refractivity contribution in [1.82, 2.24) is 0 Å². The number of halogens is 1. The maximum absolute atomic E-state index is 12.8. The smallest absolute Gasteiger partial charge is 0.123 e. The summed E-state index contributed by atoms with van der Waals surface area (Å²) in [6, 6.07) is 6.53. The van der Waals surface area contributed by atoms with Crippen LogP contribution in [-0.2, 0) is 0 Å². The molecule has 17 heavy (non-hydrogen) atoms. The van der Waals surface area contributed by atoms with Crippen LogP contribution in [0.2, 0.25) is 0 Å². The van der Waals surface area contributed by atoms with E-state index in [1.165, 1.54) is 12.1 Å². The lowest BCUT2D eigenvalue weighted by Gasteiger charge is -2.41. The van der Waals surface area contributed by atoms with Crippen LogP contribution in [0.1, 0.15) is 27.7 Å². The molecule has 1 rings (SSSR count). The molecular formula is C14H23FN2. The Morgan fingerprint density at radius 2 is 1.59 bits per heavy atom. The summed E-state index contributed by atoms with van der Waals surface area (Å²) in [5, 5.41) is 0. The third-order valence-electron chi connectivity index (χ3n) is 3.64. The van der Waals surface area contributed by atoms with Gasteiger partial charge in [0.05, 0.1) is 0 Å². The minimum atomic E-state index is -0.263. The lowest BCUT2D eigenvalue weighted by molar-refractivity contribution is 0.210. The van der Waals surface area contributed by atoms with E-state index in [-0.39, 0.29) is 16.8 Å². The van der Waals surface area contributed by atoms with Gasteiger partial charge in [0.15, 0.2) is 0 Å². The molecule has 0 spiro atoms. The fourth-order valence-electron chi connectivity index (χ4n) is 1.58. The number of benzene rings is 1. The zero-order chi connectivity index (χ0) is 13.3. The Morgan fingerprint density at radius 3 is 2.00 bits per heavy atom. The van der Waals surface area contributed by atoms with Crippen molar-refractivity contribution < 1.29 is 4.39 Å². The number of rotatable bonds is 4. The van der Waals surface area contributed by atoms with Gasteiger partial charge in [0.2, 0.25) is 0 Å². The number of nitrogens with two attached hydrogens (primary N) is 1. The van der Waals surface area contributed by atoms with Crippen molar-refractivity contribution in [3.8, 4) is 0 Å². The first-order valence-electron chi connectivity index (χ1n) is 5.89. The van der Waals surface area contributed by atoms with Gasteiger partial charge in [0.25, 0.3) is 0 Å². The van der Waals surface area contributed by atoms with Crippen LogP contribution in [0.3, 0.4) is 0 Å². The van der Waals surface area contributed by atoms with Crippen molar-refractivity contribution in [2.45, 2.75) is 33.2 Å². The predicted octanol–water partition coefficient (Wildman–Crippen LogP) is 3.03. The summed E-state index contributed by atoms with van der Waals surface area (Å²) in [6.07, 6.45) is 0. The summed E-state index contributed by atoms with van der Waals surface area (Å²) in [7, 11) is 2.00. The second kappa shape index (κ2) is 4.65. The summed E-state index contributed by atoms with van der Waals surface area (Å²) >= 11 is 0. The number of anilines is 1. The molecule has 0 saturated heterocycles. The van der Waals surface area contributed by atoms with Crippen LogP contribution in [0.25, 0.3) is 0 Å². The Hall–Kier alpha value is -1.09. The van der Waals surface area contributed by atoms with E-state index < -0.39 is 0 Å². The van der Waals surface area contributed by atoms with Crippen LogP contribution in [0.15, 0.2) is 24.3 Å². The zero-order valence-corrected chi connectivity index (χ0v) is 11.4. The first-order valence-corrected chi connectivity index (χ1v) is 5.89. The molecule has 0 aliphatic heterocycles. The van der Waals surface area contributed by atoms with Crippen molar-refractivity contribution in [2.24, 2.45) is 11.1 Å². The van der Waals surface area contributed by atoms with Crippen molar-refractivity contribution in [1.29, 1.82) is 0 Å². The molecule has 0 fully saturated rings. The SMILES string of the molecule is CN(CC(C)(C)C(C)(C)N)c1ccc(F)cc1. The highest BCUT2D eigenvalue weighted by Gasteiger charge is 2.34. The number of hydrogen-bond donors (Lipinski definition) is 1. The van der Waals surface area contributed by atoms with E-state index in [1.807, 2.05) is 20.9 Å². The number of hydrogen-bond acceptors (Lipinski definition) is 2. The minimum absolute atomic E-state index is 0.0316. The van der Waals surface area contributed by atoms with Gasteiger partial charge in [-0.25, -0.2) is 4.39 Å². The largest absolute Gasteiger partial charge is 0.374 e. The molecule has 0 unspecified atom stereocenters. The highest BCUT2D eigenvalue weighted by atomic mass is 19.1. The van der Waals surface area contributed by atoms with Crippen LogP contribution in [0, 0.1) is 11.2 Å². The third-order valence-corrected chi connectivity index (χ3v) is 3.64. The van der Waals surface area contributed by atoms with Gasteiger partial charge in [0.1, 0.15) is 5.82 Å². The molecular weight excluding hydrogens is 215 g/mol. The van der Waals surface area contributed by atoms with Crippen molar-refractivity contribution in [2.75, 3.05) is 18.5 Å². The molecule has 0 atom stereocenters. The van der Waals surface area contributed by atoms with Crippen molar-refractivity contribution in [3.63, 3.8) is 0 Å². The quantitative estimate of drug-likeness (QED) is 0.873. The van der Waals surface area contributed by atoms with Crippen molar-refractivity contribution in [3.05, 3.63) is 30.1 Å². The summed E-state index contributed by atoms with van der Waals surface area (Å²) in [5.74, 6) is -0.208. The molecule has 2 N–H and O–H groups in total. The van der Waals surface area contributed by atoms with E-state index in [4.69, 9.17) is 5.73 Å².